The Morgan fingerprint density at radius 1 is 1.31 bits per heavy atom. The average Bonchev–Trinajstić information content (AvgIpc) is 3.23. The molecule has 0 saturated heterocycles. The van der Waals surface area contributed by atoms with Crippen LogP contribution < -0.4 is 51.4 Å². The summed E-state index contributed by atoms with van der Waals surface area (Å²) >= 11 is 4.57. The first-order chi connectivity index (χ1) is 12.0. The van der Waals surface area contributed by atoms with Crippen molar-refractivity contribution in [2.24, 2.45) is 0 Å². The van der Waals surface area contributed by atoms with E-state index in [1.54, 1.807) is 29.8 Å². The maximum atomic E-state index is 14.2. The van der Waals surface area contributed by atoms with E-state index >= 15 is 0 Å². The minimum atomic E-state index is -1.15. The second-order valence-electron chi connectivity index (χ2n) is 5.09. The molecule has 4 aromatic rings. The second-order valence-corrected chi connectivity index (χ2v) is 6.90. The Morgan fingerprint density at radius 2 is 2.12 bits per heavy atom. The summed E-state index contributed by atoms with van der Waals surface area (Å²) in [6.45, 7) is 0. The Hall–Kier alpha value is -1.01. The molecule has 10 heteroatoms. The Bertz CT molecular complexity index is 1120. The monoisotopic (exact) mass is 458 g/mol. The molecule has 6 nitrogen and oxygen atoms in total. The Labute approximate surface area is 203 Å². The molecule has 0 saturated carbocycles. The van der Waals surface area contributed by atoms with Gasteiger partial charge in [0.25, 0.3) is 0 Å². The van der Waals surface area contributed by atoms with E-state index in [1.807, 2.05) is 0 Å². The third-order valence-electron chi connectivity index (χ3n) is 3.50. The first-order valence-corrected chi connectivity index (χ1v) is 8.69. The minimum Gasteiger partial charge on any atom is -1.00 e. The molecule has 0 bridgehead atoms. The maximum absolute atomic E-state index is 14.2. The van der Waals surface area contributed by atoms with Crippen molar-refractivity contribution in [3.63, 3.8) is 0 Å². The summed E-state index contributed by atoms with van der Waals surface area (Å²) in [4.78, 5) is 19.7. The quantitative estimate of drug-likeness (QED) is 0.467. The summed E-state index contributed by atoms with van der Waals surface area (Å²) in [5.41, 5.74) is 1.33. The molecule has 0 unspecified atom stereocenters. The third kappa shape index (κ3) is 3.68. The van der Waals surface area contributed by atoms with Gasteiger partial charge >= 0.3 is 57.4 Å². The van der Waals surface area contributed by atoms with E-state index in [2.05, 4.69) is 31.0 Å². The van der Waals surface area contributed by atoms with Gasteiger partial charge in [0.15, 0.2) is 11.3 Å². The number of aromatic nitrogens is 4. The van der Waals surface area contributed by atoms with Crippen molar-refractivity contribution < 1.29 is 67.1 Å². The standard InChI is InChI=1S/C16H8BrFN4O2S.K.H/c17-8-1-2-9(10(18)5-8)11-7-14-20-12(16(23)24)6-13(22(14)21-11)15-19-3-4-25-15;;/h1-7H,(H,23,24);;/q;+1;-1. The van der Waals surface area contributed by atoms with Gasteiger partial charge in [0.2, 0.25) is 0 Å². The van der Waals surface area contributed by atoms with Crippen LogP contribution in [0, 0.1) is 5.82 Å². The van der Waals surface area contributed by atoms with Crippen LogP contribution in [0.15, 0.2) is 46.4 Å². The van der Waals surface area contributed by atoms with E-state index in [1.165, 1.54) is 28.0 Å². The number of thiazole rings is 1. The van der Waals surface area contributed by atoms with E-state index in [0.717, 1.165) is 0 Å². The van der Waals surface area contributed by atoms with E-state index < -0.39 is 11.8 Å². The molecular formula is C16H9BrFKN4O2S. The Kier molecular flexibility index (Phi) is 6.02. The predicted molar refractivity (Wildman–Crippen MR) is 95.3 cm³/mol. The zero-order valence-corrected chi connectivity index (χ0v) is 18.9. The summed E-state index contributed by atoms with van der Waals surface area (Å²) in [7, 11) is 0. The van der Waals surface area contributed by atoms with Gasteiger partial charge < -0.3 is 6.53 Å². The number of carbonyl (C=O) groups is 1. The van der Waals surface area contributed by atoms with Crippen molar-refractivity contribution >= 4 is 38.9 Å². The largest absolute Gasteiger partial charge is 1.00 e. The minimum absolute atomic E-state index is 0. The molecule has 0 atom stereocenters. The van der Waals surface area contributed by atoms with Crippen LogP contribution in [0.5, 0.6) is 0 Å². The van der Waals surface area contributed by atoms with Crippen LogP contribution in [-0.2, 0) is 0 Å². The van der Waals surface area contributed by atoms with Crippen molar-refractivity contribution in [2.75, 3.05) is 0 Å². The summed E-state index contributed by atoms with van der Waals surface area (Å²) in [5, 5.41) is 16.1. The van der Waals surface area contributed by atoms with Gasteiger partial charge in [0, 0.05) is 33.7 Å². The summed E-state index contributed by atoms with van der Waals surface area (Å²) < 4.78 is 16.3. The number of benzene rings is 1. The molecule has 0 radical (unpaired) electrons. The molecular weight excluding hydrogens is 450 g/mol. The van der Waals surface area contributed by atoms with E-state index in [0.29, 0.717) is 32.1 Å². The Morgan fingerprint density at radius 3 is 2.77 bits per heavy atom. The van der Waals surface area contributed by atoms with Gasteiger partial charge in [-0.3, -0.25) is 0 Å². The molecule has 1 aromatic carbocycles. The van der Waals surface area contributed by atoms with Gasteiger partial charge in [-0.1, -0.05) is 15.9 Å². The van der Waals surface area contributed by atoms with Crippen LogP contribution in [0.4, 0.5) is 4.39 Å². The fourth-order valence-electron chi connectivity index (χ4n) is 2.42. The van der Waals surface area contributed by atoms with Crippen LogP contribution in [0.1, 0.15) is 11.9 Å². The van der Waals surface area contributed by atoms with Gasteiger partial charge in [-0.15, -0.1) is 11.3 Å². The number of aromatic carboxylic acids is 1. The number of halogens is 2. The van der Waals surface area contributed by atoms with Crippen molar-refractivity contribution in [3.05, 3.63) is 57.9 Å². The molecule has 26 heavy (non-hydrogen) atoms. The molecule has 0 aliphatic rings. The van der Waals surface area contributed by atoms with Crippen molar-refractivity contribution in [1.29, 1.82) is 0 Å². The van der Waals surface area contributed by atoms with Crippen LogP contribution in [-0.4, -0.2) is 30.7 Å². The predicted octanol–water partition coefficient (Wildman–Crippen LogP) is 1.24. The zero-order chi connectivity index (χ0) is 17.6. The summed E-state index contributed by atoms with van der Waals surface area (Å²) in [6, 6.07) is 7.61. The molecule has 0 amide bonds. The SMILES string of the molecule is O=C(O)c1cc(-c2nccs2)n2nc(-c3ccc(Br)cc3F)cc2n1.[H-].[K+]. The van der Waals surface area contributed by atoms with Crippen LogP contribution in [0.2, 0.25) is 0 Å². The van der Waals surface area contributed by atoms with E-state index in [9.17, 15) is 14.3 Å². The van der Waals surface area contributed by atoms with E-state index in [-0.39, 0.29) is 58.5 Å². The number of hydrogen-bond acceptors (Lipinski definition) is 5. The molecule has 3 aromatic heterocycles. The number of carboxylic acid groups (broad SMARTS) is 1. The summed E-state index contributed by atoms with van der Waals surface area (Å²) in [6.07, 6.45) is 1.62. The number of rotatable bonds is 3. The van der Waals surface area contributed by atoms with Crippen molar-refractivity contribution in [1.82, 2.24) is 19.6 Å². The van der Waals surface area contributed by atoms with Gasteiger partial charge in [-0.05, 0) is 18.2 Å². The smallest absolute Gasteiger partial charge is 1.00 e. The molecule has 126 valence electrons. The normalized spacial score (nSPS) is 10.7. The van der Waals surface area contributed by atoms with Gasteiger partial charge in [0.1, 0.15) is 16.5 Å². The fraction of sp³-hybridized carbons (Fsp3) is 0. The number of nitrogens with zero attached hydrogens (tertiary/aromatic N) is 4. The topological polar surface area (TPSA) is 80.4 Å². The van der Waals surface area contributed by atoms with Crippen molar-refractivity contribution in [3.8, 4) is 22.0 Å². The summed E-state index contributed by atoms with van der Waals surface area (Å²) in [5.74, 6) is -1.59. The first-order valence-electron chi connectivity index (χ1n) is 7.02. The van der Waals surface area contributed by atoms with E-state index in [4.69, 9.17) is 0 Å². The molecule has 0 fully saturated rings. The van der Waals surface area contributed by atoms with Gasteiger partial charge in [-0.25, -0.2) is 23.7 Å². The molecule has 1 N–H and O–H groups in total. The number of hydrogen-bond donors (Lipinski definition) is 1. The fourth-order valence-corrected chi connectivity index (χ4v) is 3.39. The third-order valence-corrected chi connectivity index (χ3v) is 4.79. The molecule has 0 spiro atoms. The molecule has 0 aliphatic heterocycles. The van der Waals surface area contributed by atoms with Crippen LogP contribution >= 0.6 is 27.3 Å². The first kappa shape index (κ1) is 19.7. The number of fused-ring (bicyclic) bond motifs is 1. The molecule has 3 heterocycles. The second kappa shape index (κ2) is 7.93. The van der Waals surface area contributed by atoms with Crippen LogP contribution in [0.3, 0.4) is 0 Å². The average molecular weight is 459 g/mol. The number of carboxylic acids is 1. The zero-order valence-electron chi connectivity index (χ0n) is 14.3. The molecule has 4 rings (SSSR count). The maximum Gasteiger partial charge on any atom is 1.00 e. The van der Waals surface area contributed by atoms with Gasteiger partial charge in [0.05, 0.1) is 5.69 Å². The Balaban J connectivity index is 0.00000131. The van der Waals surface area contributed by atoms with Crippen LogP contribution in [0.25, 0.3) is 27.6 Å². The molecule has 0 aliphatic carbocycles. The van der Waals surface area contributed by atoms with Crippen molar-refractivity contribution in [2.45, 2.75) is 0 Å². The van der Waals surface area contributed by atoms with Gasteiger partial charge in [-0.2, -0.15) is 5.10 Å².